The first-order chi connectivity index (χ1) is 8.90. The van der Waals surface area contributed by atoms with Crippen molar-refractivity contribution in [3.63, 3.8) is 0 Å². The van der Waals surface area contributed by atoms with E-state index >= 15 is 0 Å². The van der Waals surface area contributed by atoms with Crippen molar-refractivity contribution in [3.8, 4) is 0 Å². The van der Waals surface area contributed by atoms with Crippen LogP contribution in [0.2, 0.25) is 0 Å². The van der Waals surface area contributed by atoms with Crippen LogP contribution >= 0.6 is 8.69 Å². The molecule has 1 rings (SSSR count). The molecule has 0 saturated carbocycles. The molecule has 20 heavy (non-hydrogen) atoms. The van der Waals surface area contributed by atoms with E-state index in [9.17, 15) is 14.7 Å². The Labute approximate surface area is 141 Å². The summed E-state index contributed by atoms with van der Waals surface area (Å²) in [7, 11) is -1.50. The minimum Gasteiger partial charge on any atom is -0.846 e. The Morgan fingerprint density at radius 3 is 2.30 bits per heavy atom. The summed E-state index contributed by atoms with van der Waals surface area (Å²) in [6.45, 7) is 5.62. The first-order valence-corrected chi connectivity index (χ1v) is 7.08. The Balaban J connectivity index is 0. The summed E-state index contributed by atoms with van der Waals surface area (Å²) in [6.07, 6.45) is 2.02. The summed E-state index contributed by atoms with van der Waals surface area (Å²) in [6, 6.07) is -0.845. The first kappa shape index (κ1) is 22.1. The second-order valence-corrected chi connectivity index (χ2v) is 4.51. The number of nitrogens with zero attached hydrogens (tertiary/aromatic N) is 1. The second kappa shape index (κ2) is 10.5. The largest absolute Gasteiger partial charge is 1.00 e. The molecule has 1 heterocycles. The van der Waals surface area contributed by atoms with Crippen molar-refractivity contribution in [1.29, 1.82) is 0 Å². The molecule has 0 radical (unpaired) electrons. The summed E-state index contributed by atoms with van der Waals surface area (Å²) < 4.78 is 8.57. The first-order valence-electron chi connectivity index (χ1n) is 6.10. The summed E-state index contributed by atoms with van der Waals surface area (Å²) in [4.78, 5) is 34.2. The second-order valence-electron chi connectivity index (χ2n) is 4.30. The van der Waals surface area contributed by atoms with Gasteiger partial charge in [0, 0.05) is 0 Å². The van der Waals surface area contributed by atoms with Crippen molar-refractivity contribution in [3.05, 3.63) is 0 Å². The van der Waals surface area contributed by atoms with Crippen molar-refractivity contribution >= 4 is 26.5 Å². The summed E-state index contributed by atoms with van der Waals surface area (Å²) >= 11 is 0. The predicted molar refractivity (Wildman–Crippen MR) is 70.0 cm³/mol. The SMILES string of the molecule is CCCC(C)C1(CC)C(=O)N=C([O-])NC1=O.O=[PH2]O.[Na+]. The maximum Gasteiger partial charge on any atom is 1.00 e. The van der Waals surface area contributed by atoms with E-state index in [1.54, 1.807) is 6.92 Å². The van der Waals surface area contributed by atoms with E-state index in [0.29, 0.717) is 6.42 Å². The smallest absolute Gasteiger partial charge is 0.846 e. The summed E-state index contributed by atoms with van der Waals surface area (Å²) in [5.41, 5.74) is -1.15. The van der Waals surface area contributed by atoms with E-state index in [-0.39, 0.29) is 35.5 Å². The molecule has 1 aliphatic heterocycles. The van der Waals surface area contributed by atoms with Gasteiger partial charge in [-0.15, -0.1) is 0 Å². The van der Waals surface area contributed by atoms with Crippen LogP contribution in [0.25, 0.3) is 0 Å². The van der Waals surface area contributed by atoms with Crippen molar-refractivity contribution in [2.45, 2.75) is 40.0 Å². The van der Waals surface area contributed by atoms with E-state index in [1.807, 2.05) is 13.8 Å². The van der Waals surface area contributed by atoms with Crippen LogP contribution in [-0.4, -0.2) is 22.7 Å². The van der Waals surface area contributed by atoms with E-state index in [0.717, 1.165) is 12.8 Å². The van der Waals surface area contributed by atoms with Crippen LogP contribution in [0.5, 0.6) is 0 Å². The Hall–Kier alpha value is -0.200. The summed E-state index contributed by atoms with van der Waals surface area (Å²) in [5.74, 6) is -1.20. The zero-order valence-corrected chi connectivity index (χ0v) is 15.5. The normalized spacial score (nSPS) is 23.3. The standard InChI is InChI=1S/C11H18N2O3.Na.H3O2P/c1-4-6-7(3)11(5-2)8(14)12-10(16)13-9(11)15;;1-3-2/h7H,4-6H2,1-3H3,(H2,12,13,14,15,16);;3H2,(H,1,2)/q;+1;/p-1. The number of nitrogens with one attached hydrogen (secondary N) is 1. The van der Waals surface area contributed by atoms with E-state index in [4.69, 9.17) is 9.46 Å². The Morgan fingerprint density at radius 2 is 1.95 bits per heavy atom. The minimum absolute atomic E-state index is 0. The average Bonchev–Trinajstić information content (AvgIpc) is 2.30. The van der Waals surface area contributed by atoms with Gasteiger partial charge in [-0.25, -0.2) is 4.99 Å². The Bertz CT molecular complexity index is 391. The van der Waals surface area contributed by atoms with Crippen molar-refractivity contribution in [2.75, 3.05) is 0 Å². The van der Waals surface area contributed by atoms with Crippen LogP contribution in [-0.2, 0) is 14.2 Å². The quantitative estimate of drug-likeness (QED) is 0.323. The fraction of sp³-hybridized carbons (Fsp3) is 0.727. The van der Waals surface area contributed by atoms with Crippen molar-refractivity contribution in [1.82, 2.24) is 5.32 Å². The van der Waals surface area contributed by atoms with Gasteiger partial charge in [0.1, 0.15) is 5.41 Å². The number of amidine groups is 1. The van der Waals surface area contributed by atoms with Gasteiger partial charge in [-0.1, -0.05) is 27.2 Å². The molecule has 0 aliphatic carbocycles. The molecule has 0 aromatic carbocycles. The van der Waals surface area contributed by atoms with Gasteiger partial charge in [0.25, 0.3) is 5.91 Å². The van der Waals surface area contributed by atoms with Gasteiger partial charge in [-0.2, -0.15) is 0 Å². The molecular formula is C11H20N2NaO5P. The van der Waals surface area contributed by atoms with Crippen LogP contribution in [0.15, 0.2) is 4.99 Å². The maximum atomic E-state index is 11.9. The third-order valence-corrected chi connectivity index (χ3v) is 3.33. The number of carbonyl (C=O) groups excluding carboxylic acids is 2. The van der Waals surface area contributed by atoms with Crippen molar-refractivity contribution in [2.24, 2.45) is 16.3 Å². The van der Waals surface area contributed by atoms with Crippen LogP contribution in [0.3, 0.4) is 0 Å². The monoisotopic (exact) mass is 314 g/mol. The average molecular weight is 314 g/mol. The van der Waals surface area contributed by atoms with Gasteiger partial charge < -0.3 is 15.3 Å². The zero-order valence-electron chi connectivity index (χ0n) is 12.3. The van der Waals surface area contributed by atoms with Crippen LogP contribution in [0.1, 0.15) is 40.0 Å². The molecule has 3 atom stereocenters. The van der Waals surface area contributed by atoms with Gasteiger partial charge in [0.05, 0.1) is 6.02 Å². The Morgan fingerprint density at radius 1 is 1.45 bits per heavy atom. The number of aliphatic imine (C=N–C) groups is 1. The zero-order chi connectivity index (χ0) is 15.1. The molecular weight excluding hydrogens is 294 g/mol. The number of hydrogen-bond acceptors (Lipinski definition) is 4. The van der Waals surface area contributed by atoms with E-state index in [1.165, 1.54) is 0 Å². The molecule has 0 fully saturated rings. The fourth-order valence-corrected chi connectivity index (χ4v) is 2.30. The topological polar surface area (TPSA) is 119 Å². The third-order valence-electron chi connectivity index (χ3n) is 3.33. The molecule has 2 N–H and O–H groups in total. The molecule has 0 aromatic heterocycles. The number of hydrogen-bond donors (Lipinski definition) is 2. The molecule has 0 spiro atoms. The molecule has 0 saturated heterocycles. The fourth-order valence-electron chi connectivity index (χ4n) is 2.30. The predicted octanol–water partition coefficient (Wildman–Crippen LogP) is -3.15. The molecule has 0 aromatic rings. The molecule has 7 nitrogen and oxygen atoms in total. The number of rotatable bonds is 4. The Kier molecular flexibility index (Phi) is 11.6. The van der Waals surface area contributed by atoms with Gasteiger partial charge >= 0.3 is 29.6 Å². The van der Waals surface area contributed by atoms with Crippen molar-refractivity contribution < 1.29 is 53.7 Å². The molecule has 110 valence electrons. The molecule has 3 unspecified atom stereocenters. The number of amides is 2. The van der Waals surface area contributed by atoms with Gasteiger partial charge in [0.15, 0.2) is 8.69 Å². The molecule has 2 amide bonds. The summed E-state index contributed by atoms with van der Waals surface area (Å²) in [5, 5.41) is 13.1. The third kappa shape index (κ3) is 4.97. The minimum atomic E-state index is -1.50. The van der Waals surface area contributed by atoms with Crippen LogP contribution in [0, 0.1) is 11.3 Å². The molecule has 0 bridgehead atoms. The van der Waals surface area contributed by atoms with E-state index < -0.39 is 31.9 Å². The van der Waals surface area contributed by atoms with Gasteiger partial charge in [-0.3, -0.25) is 14.2 Å². The van der Waals surface area contributed by atoms with Crippen LogP contribution in [0.4, 0.5) is 0 Å². The van der Waals surface area contributed by atoms with Gasteiger partial charge in [0.2, 0.25) is 5.91 Å². The molecule has 9 heteroatoms. The number of carbonyl (C=O) groups is 2. The van der Waals surface area contributed by atoms with Gasteiger partial charge in [-0.05, 0) is 18.8 Å². The maximum absolute atomic E-state index is 11.9. The van der Waals surface area contributed by atoms with Crippen LogP contribution < -0.4 is 40.0 Å². The van der Waals surface area contributed by atoms with E-state index in [2.05, 4.69) is 10.3 Å². The molecule has 1 aliphatic rings.